The molecule has 18 heavy (non-hydrogen) atoms. The van der Waals surface area contributed by atoms with Crippen LogP contribution in [0.4, 0.5) is 0 Å². The smallest absolute Gasteiger partial charge is 0.337 e. The van der Waals surface area contributed by atoms with Crippen LogP contribution in [0.15, 0.2) is 42.6 Å². The van der Waals surface area contributed by atoms with Crippen LogP contribution in [-0.2, 0) is 0 Å². The molecule has 1 aromatic heterocycles. The van der Waals surface area contributed by atoms with Gasteiger partial charge in [0.05, 0.1) is 16.1 Å². The minimum absolute atomic E-state index is 0.129. The van der Waals surface area contributed by atoms with E-state index in [-0.39, 0.29) is 5.56 Å². The van der Waals surface area contributed by atoms with Gasteiger partial charge in [0, 0.05) is 6.20 Å². The molecule has 0 spiro atoms. The summed E-state index contributed by atoms with van der Waals surface area (Å²) in [5.41, 5.74) is 2.35. The number of aromatic nitrogens is 1. The van der Waals surface area contributed by atoms with Gasteiger partial charge in [0.25, 0.3) is 0 Å². The number of carboxylic acids is 1. The third-order valence-electron chi connectivity index (χ3n) is 2.53. The standard InChI is InChI=1S/C14H11NO2S/c1-9-4-2-5-10(8-9)13(18)12-11(14(16)17)6-3-7-15-12/h2-8H,1H3,(H,16,17). The Hall–Kier alpha value is -2.07. The van der Waals surface area contributed by atoms with E-state index < -0.39 is 5.97 Å². The van der Waals surface area contributed by atoms with Crippen LogP contribution in [0.25, 0.3) is 0 Å². The Morgan fingerprint density at radius 2 is 2.06 bits per heavy atom. The summed E-state index contributed by atoms with van der Waals surface area (Å²) >= 11 is 5.33. The number of hydrogen-bond donors (Lipinski definition) is 1. The van der Waals surface area contributed by atoms with E-state index in [1.165, 1.54) is 6.07 Å². The predicted octanol–water partition coefficient (Wildman–Crippen LogP) is 2.85. The zero-order valence-electron chi connectivity index (χ0n) is 9.75. The van der Waals surface area contributed by atoms with E-state index in [0.29, 0.717) is 10.6 Å². The maximum absolute atomic E-state index is 11.1. The molecule has 0 radical (unpaired) electrons. The first-order valence-electron chi connectivity index (χ1n) is 5.39. The highest BCUT2D eigenvalue weighted by Crippen LogP contribution is 2.14. The molecular weight excluding hydrogens is 246 g/mol. The van der Waals surface area contributed by atoms with Gasteiger partial charge in [0.1, 0.15) is 0 Å². The van der Waals surface area contributed by atoms with Crippen LogP contribution < -0.4 is 0 Å². The van der Waals surface area contributed by atoms with Crippen molar-refractivity contribution < 1.29 is 9.90 Å². The Kier molecular flexibility index (Phi) is 3.48. The lowest BCUT2D eigenvalue weighted by Crippen LogP contribution is -2.11. The number of carbonyl (C=O) groups is 1. The summed E-state index contributed by atoms with van der Waals surface area (Å²) in [4.78, 5) is 15.7. The SMILES string of the molecule is Cc1cccc(C(=S)c2ncccc2C(=O)O)c1. The number of aryl methyl sites for hydroxylation is 1. The molecule has 2 aromatic rings. The highest BCUT2D eigenvalue weighted by atomic mass is 32.1. The van der Waals surface area contributed by atoms with Gasteiger partial charge in [-0.25, -0.2) is 4.79 Å². The molecule has 1 N–H and O–H groups in total. The second kappa shape index (κ2) is 5.06. The Labute approximate surface area is 110 Å². The van der Waals surface area contributed by atoms with E-state index in [1.54, 1.807) is 12.3 Å². The maximum atomic E-state index is 11.1. The molecule has 0 aliphatic carbocycles. The molecule has 1 aromatic carbocycles. The molecule has 0 saturated heterocycles. The number of aromatic carboxylic acids is 1. The van der Waals surface area contributed by atoms with Gasteiger partial charge < -0.3 is 5.11 Å². The maximum Gasteiger partial charge on any atom is 0.337 e. The summed E-state index contributed by atoms with van der Waals surface area (Å²) in [6.45, 7) is 1.96. The van der Waals surface area contributed by atoms with Crippen molar-refractivity contribution in [1.29, 1.82) is 0 Å². The predicted molar refractivity (Wildman–Crippen MR) is 73.2 cm³/mol. The van der Waals surface area contributed by atoms with Crippen LogP contribution in [0.5, 0.6) is 0 Å². The summed E-state index contributed by atoms with van der Waals surface area (Å²) in [5, 5.41) is 9.12. The topological polar surface area (TPSA) is 50.2 Å². The Morgan fingerprint density at radius 3 is 2.72 bits per heavy atom. The molecule has 4 heteroatoms. The van der Waals surface area contributed by atoms with Gasteiger partial charge >= 0.3 is 5.97 Å². The number of benzene rings is 1. The lowest BCUT2D eigenvalue weighted by molar-refractivity contribution is 0.0696. The third-order valence-corrected chi connectivity index (χ3v) is 2.96. The van der Waals surface area contributed by atoms with E-state index in [4.69, 9.17) is 17.3 Å². The second-order valence-electron chi connectivity index (χ2n) is 3.90. The quantitative estimate of drug-likeness (QED) is 0.678. The average Bonchev–Trinajstić information content (AvgIpc) is 2.38. The number of hydrogen-bond acceptors (Lipinski definition) is 3. The zero-order valence-corrected chi connectivity index (χ0v) is 10.6. The zero-order chi connectivity index (χ0) is 13.1. The van der Waals surface area contributed by atoms with Crippen molar-refractivity contribution in [3.63, 3.8) is 0 Å². The van der Waals surface area contributed by atoms with Gasteiger partial charge in [-0.3, -0.25) is 4.98 Å². The van der Waals surface area contributed by atoms with Crippen molar-refractivity contribution >= 4 is 23.1 Å². The lowest BCUT2D eigenvalue weighted by Gasteiger charge is -2.07. The molecule has 0 aliphatic rings. The molecular formula is C14H11NO2S. The molecule has 90 valence electrons. The third kappa shape index (κ3) is 2.43. The minimum Gasteiger partial charge on any atom is -0.478 e. The summed E-state index contributed by atoms with van der Waals surface area (Å²) in [5.74, 6) is -1.02. The molecule has 0 fully saturated rings. The van der Waals surface area contributed by atoms with Crippen molar-refractivity contribution in [3.8, 4) is 0 Å². The first-order valence-corrected chi connectivity index (χ1v) is 5.80. The largest absolute Gasteiger partial charge is 0.478 e. The first-order chi connectivity index (χ1) is 8.59. The van der Waals surface area contributed by atoms with Crippen molar-refractivity contribution in [3.05, 3.63) is 65.0 Å². The first kappa shape index (κ1) is 12.4. The fraction of sp³-hybridized carbons (Fsp3) is 0.0714. The molecule has 0 aliphatic heterocycles. The number of nitrogens with zero attached hydrogens (tertiary/aromatic N) is 1. The van der Waals surface area contributed by atoms with Crippen LogP contribution in [-0.4, -0.2) is 20.9 Å². The van der Waals surface area contributed by atoms with Gasteiger partial charge in [-0.15, -0.1) is 0 Å². The van der Waals surface area contributed by atoms with Gasteiger partial charge in [-0.1, -0.05) is 42.0 Å². The van der Waals surface area contributed by atoms with Gasteiger partial charge in [0.2, 0.25) is 0 Å². The highest BCUT2D eigenvalue weighted by Gasteiger charge is 2.15. The highest BCUT2D eigenvalue weighted by molar-refractivity contribution is 7.81. The number of carboxylic acid groups (broad SMARTS) is 1. The van der Waals surface area contributed by atoms with Crippen molar-refractivity contribution in [1.82, 2.24) is 4.98 Å². The molecule has 2 rings (SSSR count). The molecule has 0 amide bonds. The van der Waals surface area contributed by atoms with E-state index >= 15 is 0 Å². The van der Waals surface area contributed by atoms with Crippen molar-refractivity contribution in [2.75, 3.05) is 0 Å². The summed E-state index contributed by atoms with van der Waals surface area (Å²) in [6, 6.07) is 10.7. The minimum atomic E-state index is -1.02. The number of pyridine rings is 1. The van der Waals surface area contributed by atoms with E-state index in [9.17, 15) is 4.79 Å². The Morgan fingerprint density at radius 1 is 1.28 bits per heavy atom. The molecule has 0 saturated carbocycles. The average molecular weight is 257 g/mol. The van der Waals surface area contributed by atoms with Crippen LogP contribution >= 0.6 is 12.2 Å². The second-order valence-corrected chi connectivity index (χ2v) is 4.31. The molecule has 0 unspecified atom stereocenters. The van der Waals surface area contributed by atoms with E-state index in [1.807, 2.05) is 31.2 Å². The summed E-state index contributed by atoms with van der Waals surface area (Å²) < 4.78 is 0. The summed E-state index contributed by atoms with van der Waals surface area (Å²) in [6.07, 6.45) is 1.55. The van der Waals surface area contributed by atoms with Crippen LogP contribution in [0, 0.1) is 6.92 Å². The fourth-order valence-corrected chi connectivity index (χ4v) is 1.97. The molecule has 0 bridgehead atoms. The Bertz CT molecular complexity index is 623. The number of thiocarbonyl (C=S) groups is 1. The molecule has 3 nitrogen and oxygen atoms in total. The summed E-state index contributed by atoms with van der Waals surface area (Å²) in [7, 11) is 0. The normalized spacial score (nSPS) is 10.1. The number of rotatable bonds is 3. The van der Waals surface area contributed by atoms with Crippen LogP contribution in [0.3, 0.4) is 0 Å². The van der Waals surface area contributed by atoms with Crippen LogP contribution in [0.2, 0.25) is 0 Å². The molecule has 1 heterocycles. The van der Waals surface area contributed by atoms with Gasteiger partial charge in [0.15, 0.2) is 0 Å². The van der Waals surface area contributed by atoms with Gasteiger partial charge in [-0.05, 0) is 24.6 Å². The van der Waals surface area contributed by atoms with Crippen LogP contribution in [0.1, 0.15) is 27.2 Å². The van der Waals surface area contributed by atoms with E-state index in [2.05, 4.69) is 4.98 Å². The van der Waals surface area contributed by atoms with E-state index in [0.717, 1.165) is 11.1 Å². The fourth-order valence-electron chi connectivity index (χ4n) is 1.68. The van der Waals surface area contributed by atoms with Crippen molar-refractivity contribution in [2.24, 2.45) is 0 Å². The van der Waals surface area contributed by atoms with Gasteiger partial charge in [-0.2, -0.15) is 0 Å². The monoisotopic (exact) mass is 257 g/mol. The van der Waals surface area contributed by atoms with Crippen molar-refractivity contribution in [2.45, 2.75) is 6.92 Å². The Balaban J connectivity index is 2.50. The lowest BCUT2D eigenvalue weighted by atomic mass is 10.0. The molecule has 0 atom stereocenters.